The summed E-state index contributed by atoms with van der Waals surface area (Å²) < 4.78 is 0. The molecule has 2 aliphatic rings. The monoisotopic (exact) mass is 167 g/mol. The van der Waals surface area contributed by atoms with Crippen LogP contribution < -0.4 is 5.32 Å². The summed E-state index contributed by atoms with van der Waals surface area (Å²) >= 11 is 0. The molecule has 1 saturated heterocycles. The number of hydrogen-bond donors (Lipinski definition) is 1. The quantitative estimate of drug-likeness (QED) is 0.666. The number of nitrogens with one attached hydrogen (secondary N) is 1. The summed E-state index contributed by atoms with van der Waals surface area (Å²) in [6.07, 6.45) is 5.91. The largest absolute Gasteiger partial charge is 0.316 e. The third-order valence-corrected chi connectivity index (χ3v) is 3.78. The van der Waals surface area contributed by atoms with E-state index in [-0.39, 0.29) is 0 Å². The van der Waals surface area contributed by atoms with E-state index in [0.29, 0.717) is 5.41 Å². The maximum atomic E-state index is 3.57. The van der Waals surface area contributed by atoms with E-state index in [9.17, 15) is 0 Å². The molecule has 1 nitrogen and oxygen atoms in total. The second kappa shape index (κ2) is 3.02. The highest BCUT2D eigenvalue weighted by Gasteiger charge is 2.45. The first-order valence-electron chi connectivity index (χ1n) is 5.44. The van der Waals surface area contributed by atoms with Crippen molar-refractivity contribution in [3.05, 3.63) is 0 Å². The van der Waals surface area contributed by atoms with Gasteiger partial charge in [-0.2, -0.15) is 0 Å². The molecule has 0 amide bonds. The van der Waals surface area contributed by atoms with Crippen LogP contribution in [0.1, 0.15) is 39.5 Å². The summed E-state index contributed by atoms with van der Waals surface area (Å²) in [6.45, 7) is 7.33. The third-order valence-electron chi connectivity index (χ3n) is 3.78. The van der Waals surface area contributed by atoms with Gasteiger partial charge in [0, 0.05) is 6.54 Å². The SMILES string of the molecule is CC(C)CC12CCCC1CNC2. The molecule has 1 heteroatoms. The lowest BCUT2D eigenvalue weighted by Gasteiger charge is -2.30. The fourth-order valence-corrected chi connectivity index (χ4v) is 3.41. The lowest BCUT2D eigenvalue weighted by Crippen LogP contribution is -2.27. The standard InChI is InChI=1S/C11H21N/c1-9(2)6-11-5-3-4-10(11)7-12-8-11/h9-10,12H,3-8H2,1-2H3. The van der Waals surface area contributed by atoms with Gasteiger partial charge in [0.15, 0.2) is 0 Å². The first-order chi connectivity index (χ1) is 5.73. The van der Waals surface area contributed by atoms with Crippen molar-refractivity contribution in [2.24, 2.45) is 17.3 Å². The van der Waals surface area contributed by atoms with Gasteiger partial charge in [-0.3, -0.25) is 0 Å². The van der Waals surface area contributed by atoms with E-state index < -0.39 is 0 Å². The molecule has 0 bridgehead atoms. The first-order valence-corrected chi connectivity index (χ1v) is 5.44. The summed E-state index contributed by atoms with van der Waals surface area (Å²) in [4.78, 5) is 0. The van der Waals surface area contributed by atoms with Crippen molar-refractivity contribution >= 4 is 0 Å². The van der Waals surface area contributed by atoms with Crippen molar-refractivity contribution in [1.29, 1.82) is 0 Å². The van der Waals surface area contributed by atoms with Crippen LogP contribution in [0.3, 0.4) is 0 Å². The van der Waals surface area contributed by atoms with Gasteiger partial charge in [-0.25, -0.2) is 0 Å². The van der Waals surface area contributed by atoms with Crippen LogP contribution in [0.5, 0.6) is 0 Å². The van der Waals surface area contributed by atoms with E-state index in [1.54, 1.807) is 0 Å². The van der Waals surface area contributed by atoms with Crippen molar-refractivity contribution in [3.63, 3.8) is 0 Å². The molecular weight excluding hydrogens is 146 g/mol. The second-order valence-electron chi connectivity index (χ2n) is 5.18. The highest BCUT2D eigenvalue weighted by atomic mass is 14.9. The first kappa shape index (κ1) is 8.55. The molecule has 1 aliphatic carbocycles. The van der Waals surface area contributed by atoms with Gasteiger partial charge >= 0.3 is 0 Å². The highest BCUT2D eigenvalue weighted by Crippen LogP contribution is 2.49. The van der Waals surface area contributed by atoms with E-state index >= 15 is 0 Å². The van der Waals surface area contributed by atoms with Gasteiger partial charge in [-0.1, -0.05) is 20.3 Å². The zero-order valence-corrected chi connectivity index (χ0v) is 8.40. The third kappa shape index (κ3) is 1.28. The van der Waals surface area contributed by atoms with Crippen LogP contribution in [0.15, 0.2) is 0 Å². The van der Waals surface area contributed by atoms with Gasteiger partial charge in [-0.05, 0) is 43.1 Å². The molecule has 1 heterocycles. The van der Waals surface area contributed by atoms with Crippen molar-refractivity contribution in [1.82, 2.24) is 5.32 Å². The summed E-state index contributed by atoms with van der Waals surface area (Å²) in [5, 5.41) is 3.57. The van der Waals surface area contributed by atoms with Crippen molar-refractivity contribution in [2.75, 3.05) is 13.1 Å². The highest BCUT2D eigenvalue weighted by molar-refractivity contribution is 4.99. The summed E-state index contributed by atoms with van der Waals surface area (Å²) in [7, 11) is 0. The Hall–Kier alpha value is -0.0400. The molecule has 2 atom stereocenters. The average molecular weight is 167 g/mol. The van der Waals surface area contributed by atoms with Gasteiger partial charge in [0.05, 0.1) is 0 Å². The lowest BCUT2D eigenvalue weighted by atomic mass is 9.74. The maximum absolute atomic E-state index is 3.57. The topological polar surface area (TPSA) is 12.0 Å². The summed E-state index contributed by atoms with van der Waals surface area (Å²) in [5.74, 6) is 1.89. The number of hydrogen-bond acceptors (Lipinski definition) is 1. The zero-order valence-electron chi connectivity index (χ0n) is 8.40. The molecular formula is C11H21N. The summed E-state index contributed by atoms with van der Waals surface area (Å²) in [6, 6.07) is 0. The molecule has 2 fully saturated rings. The number of rotatable bonds is 2. The molecule has 0 radical (unpaired) electrons. The van der Waals surface area contributed by atoms with Crippen LogP contribution in [0, 0.1) is 17.3 Å². The van der Waals surface area contributed by atoms with E-state index in [0.717, 1.165) is 11.8 Å². The fraction of sp³-hybridized carbons (Fsp3) is 1.00. The normalized spacial score (nSPS) is 40.8. The Bertz CT molecular complexity index is 152. The molecule has 0 spiro atoms. The molecule has 12 heavy (non-hydrogen) atoms. The smallest absolute Gasteiger partial charge is 0.00112 e. The van der Waals surface area contributed by atoms with Crippen LogP contribution in [0.2, 0.25) is 0 Å². The summed E-state index contributed by atoms with van der Waals surface area (Å²) in [5.41, 5.74) is 0.716. The van der Waals surface area contributed by atoms with Crippen molar-refractivity contribution < 1.29 is 0 Å². The van der Waals surface area contributed by atoms with Crippen LogP contribution in [0.4, 0.5) is 0 Å². The van der Waals surface area contributed by atoms with E-state index in [1.807, 2.05) is 0 Å². The molecule has 0 aromatic heterocycles. The van der Waals surface area contributed by atoms with Crippen LogP contribution in [-0.4, -0.2) is 13.1 Å². The minimum Gasteiger partial charge on any atom is -0.316 e. The zero-order chi connectivity index (χ0) is 8.60. The molecule has 1 aliphatic heterocycles. The molecule has 1 N–H and O–H groups in total. The van der Waals surface area contributed by atoms with E-state index in [2.05, 4.69) is 19.2 Å². The number of fused-ring (bicyclic) bond motifs is 1. The Balaban J connectivity index is 2.06. The average Bonchev–Trinajstić information content (AvgIpc) is 2.42. The molecule has 70 valence electrons. The second-order valence-corrected chi connectivity index (χ2v) is 5.18. The van der Waals surface area contributed by atoms with Crippen LogP contribution in [0.25, 0.3) is 0 Å². The Morgan fingerprint density at radius 3 is 3.08 bits per heavy atom. The predicted octanol–water partition coefficient (Wildman–Crippen LogP) is 2.42. The Morgan fingerprint density at radius 2 is 2.33 bits per heavy atom. The minimum absolute atomic E-state index is 0.716. The Morgan fingerprint density at radius 1 is 1.50 bits per heavy atom. The van der Waals surface area contributed by atoms with Crippen LogP contribution in [-0.2, 0) is 0 Å². The van der Waals surface area contributed by atoms with Gasteiger partial charge in [0.1, 0.15) is 0 Å². The minimum atomic E-state index is 0.716. The Labute approximate surface area is 75.9 Å². The lowest BCUT2D eigenvalue weighted by molar-refractivity contribution is 0.214. The Kier molecular flexibility index (Phi) is 2.16. The van der Waals surface area contributed by atoms with E-state index in [4.69, 9.17) is 0 Å². The predicted molar refractivity (Wildman–Crippen MR) is 52.1 cm³/mol. The molecule has 0 aromatic rings. The van der Waals surface area contributed by atoms with E-state index in [1.165, 1.54) is 38.8 Å². The van der Waals surface area contributed by atoms with Crippen molar-refractivity contribution in [3.8, 4) is 0 Å². The fourth-order valence-electron chi connectivity index (χ4n) is 3.41. The van der Waals surface area contributed by atoms with Gasteiger partial charge < -0.3 is 5.32 Å². The molecule has 0 aromatic carbocycles. The van der Waals surface area contributed by atoms with Gasteiger partial charge in [0.25, 0.3) is 0 Å². The molecule has 2 rings (SSSR count). The van der Waals surface area contributed by atoms with Gasteiger partial charge in [0.2, 0.25) is 0 Å². The molecule has 1 saturated carbocycles. The van der Waals surface area contributed by atoms with Crippen molar-refractivity contribution in [2.45, 2.75) is 39.5 Å². The van der Waals surface area contributed by atoms with Crippen LogP contribution >= 0.6 is 0 Å². The molecule has 2 unspecified atom stereocenters. The van der Waals surface area contributed by atoms with Gasteiger partial charge in [-0.15, -0.1) is 0 Å². The maximum Gasteiger partial charge on any atom is 0.00112 e.